The molecule has 1 aromatic carbocycles. The molecule has 0 radical (unpaired) electrons. The lowest BCUT2D eigenvalue weighted by Gasteiger charge is -2.15. The number of nitrogens with zero attached hydrogens (tertiary/aromatic N) is 2. The number of aromatic nitrogens is 2. The Hall–Kier alpha value is -2.43. The van der Waals surface area contributed by atoms with Crippen molar-refractivity contribution in [2.45, 2.75) is 51.5 Å². The second kappa shape index (κ2) is 7.90. The molecule has 1 aliphatic carbocycles. The third kappa shape index (κ3) is 4.54. The highest BCUT2D eigenvalue weighted by Crippen LogP contribution is 2.18. The monoisotopic (exact) mass is 324 g/mol. The summed E-state index contributed by atoms with van der Waals surface area (Å²) in [7, 11) is 0. The molecule has 1 amide bonds. The van der Waals surface area contributed by atoms with Crippen molar-refractivity contribution >= 4 is 17.4 Å². The van der Waals surface area contributed by atoms with Gasteiger partial charge in [-0.2, -0.15) is 0 Å². The largest absolute Gasteiger partial charge is 0.348 e. The molecule has 0 saturated heterocycles. The van der Waals surface area contributed by atoms with Gasteiger partial charge >= 0.3 is 0 Å². The van der Waals surface area contributed by atoms with Crippen molar-refractivity contribution in [1.29, 1.82) is 0 Å². The third-order valence-corrected chi connectivity index (χ3v) is 4.37. The van der Waals surface area contributed by atoms with Crippen LogP contribution in [0.5, 0.6) is 0 Å². The first-order valence-electron chi connectivity index (χ1n) is 8.67. The maximum absolute atomic E-state index is 12.3. The first-order valence-corrected chi connectivity index (χ1v) is 8.67. The number of carbonyl (C=O) groups excluding carboxylic acids is 1. The molecule has 1 fully saturated rings. The van der Waals surface area contributed by atoms with Crippen LogP contribution in [0.2, 0.25) is 0 Å². The fourth-order valence-corrected chi connectivity index (χ4v) is 3.06. The van der Waals surface area contributed by atoms with E-state index in [1.165, 1.54) is 37.4 Å². The van der Waals surface area contributed by atoms with E-state index in [1.54, 1.807) is 6.20 Å². The quantitative estimate of drug-likeness (QED) is 0.835. The predicted molar refractivity (Wildman–Crippen MR) is 95.4 cm³/mol. The Balaban J connectivity index is 1.60. The normalized spacial score (nSPS) is 15.5. The number of anilines is 2. The number of hydrogen-bond acceptors (Lipinski definition) is 4. The van der Waals surface area contributed by atoms with Crippen LogP contribution in [0.15, 0.2) is 36.7 Å². The van der Waals surface area contributed by atoms with Gasteiger partial charge in [0.1, 0.15) is 11.5 Å². The molecule has 1 heterocycles. The Labute approximate surface area is 142 Å². The van der Waals surface area contributed by atoms with Crippen molar-refractivity contribution in [3.63, 3.8) is 0 Å². The van der Waals surface area contributed by atoms with Crippen molar-refractivity contribution < 1.29 is 4.79 Å². The van der Waals surface area contributed by atoms with Gasteiger partial charge in [0, 0.05) is 11.7 Å². The van der Waals surface area contributed by atoms with E-state index < -0.39 is 0 Å². The number of benzene rings is 1. The molecular weight excluding hydrogens is 300 g/mol. The smallest absolute Gasteiger partial charge is 0.271 e. The van der Waals surface area contributed by atoms with Gasteiger partial charge in [-0.05, 0) is 37.5 Å². The summed E-state index contributed by atoms with van der Waals surface area (Å²) in [4.78, 5) is 20.9. The first-order chi connectivity index (χ1) is 11.7. The highest BCUT2D eigenvalue weighted by Gasteiger charge is 2.16. The molecule has 0 atom stereocenters. The minimum absolute atomic E-state index is 0.128. The summed E-state index contributed by atoms with van der Waals surface area (Å²) in [5, 5.41) is 6.29. The number of hydrogen-bond donors (Lipinski definition) is 2. The van der Waals surface area contributed by atoms with Crippen LogP contribution < -0.4 is 10.6 Å². The summed E-state index contributed by atoms with van der Waals surface area (Å²) in [5.41, 5.74) is 2.50. The van der Waals surface area contributed by atoms with Crippen molar-refractivity contribution in [1.82, 2.24) is 15.3 Å². The summed E-state index contributed by atoms with van der Waals surface area (Å²) in [6.07, 6.45) is 10.2. The van der Waals surface area contributed by atoms with Gasteiger partial charge in [0.15, 0.2) is 0 Å². The zero-order chi connectivity index (χ0) is 16.8. The van der Waals surface area contributed by atoms with Crippen molar-refractivity contribution in [3.8, 4) is 0 Å². The number of carbonyl (C=O) groups is 1. The zero-order valence-corrected chi connectivity index (χ0v) is 14.1. The average molecular weight is 324 g/mol. The topological polar surface area (TPSA) is 66.9 Å². The van der Waals surface area contributed by atoms with Crippen molar-refractivity contribution in [2.24, 2.45) is 0 Å². The van der Waals surface area contributed by atoms with Gasteiger partial charge in [0.2, 0.25) is 0 Å². The zero-order valence-electron chi connectivity index (χ0n) is 14.1. The molecule has 0 bridgehead atoms. The molecule has 5 nitrogen and oxygen atoms in total. The van der Waals surface area contributed by atoms with Crippen LogP contribution in [0, 0.1) is 6.92 Å². The number of nitrogens with one attached hydrogen (secondary N) is 2. The highest BCUT2D eigenvalue weighted by molar-refractivity contribution is 5.92. The Morgan fingerprint density at radius 1 is 1.08 bits per heavy atom. The lowest BCUT2D eigenvalue weighted by Crippen LogP contribution is -2.34. The Morgan fingerprint density at radius 2 is 1.88 bits per heavy atom. The SMILES string of the molecule is Cc1cccc(Nc2cnc(C(=O)NC3CCCCCC3)cn2)c1. The molecule has 0 aliphatic heterocycles. The predicted octanol–water partition coefficient (Wildman–Crippen LogP) is 3.98. The van der Waals surface area contributed by atoms with Crippen LogP contribution in [0.3, 0.4) is 0 Å². The summed E-state index contributed by atoms with van der Waals surface area (Å²) >= 11 is 0. The maximum Gasteiger partial charge on any atom is 0.271 e. The van der Waals surface area contributed by atoms with Crippen LogP contribution in [0.25, 0.3) is 0 Å². The Bertz CT molecular complexity index is 676. The lowest BCUT2D eigenvalue weighted by molar-refractivity contribution is 0.0928. The van der Waals surface area contributed by atoms with Crippen molar-refractivity contribution in [3.05, 3.63) is 47.9 Å². The van der Waals surface area contributed by atoms with Crippen molar-refractivity contribution in [2.75, 3.05) is 5.32 Å². The van der Waals surface area contributed by atoms with Crippen LogP contribution in [-0.2, 0) is 0 Å². The van der Waals surface area contributed by atoms with Gasteiger partial charge < -0.3 is 10.6 Å². The third-order valence-electron chi connectivity index (χ3n) is 4.37. The van der Waals surface area contributed by atoms with Gasteiger partial charge in [-0.25, -0.2) is 9.97 Å². The summed E-state index contributed by atoms with van der Waals surface area (Å²) < 4.78 is 0. The molecule has 24 heavy (non-hydrogen) atoms. The van der Waals surface area contributed by atoms with Gasteiger partial charge in [-0.3, -0.25) is 4.79 Å². The van der Waals surface area contributed by atoms with E-state index in [0.717, 1.165) is 18.5 Å². The second-order valence-electron chi connectivity index (χ2n) is 6.44. The summed E-state index contributed by atoms with van der Waals surface area (Å²) in [5.74, 6) is 0.503. The second-order valence-corrected chi connectivity index (χ2v) is 6.44. The molecule has 1 aromatic heterocycles. The average Bonchev–Trinajstić information content (AvgIpc) is 2.84. The van der Waals surface area contributed by atoms with E-state index >= 15 is 0 Å². The van der Waals surface area contributed by atoms with Gasteiger partial charge in [0.05, 0.1) is 12.4 Å². The van der Waals surface area contributed by atoms with Crippen LogP contribution in [0.1, 0.15) is 54.6 Å². The van der Waals surface area contributed by atoms with Crippen LogP contribution in [0.4, 0.5) is 11.5 Å². The molecule has 1 saturated carbocycles. The summed E-state index contributed by atoms with van der Waals surface area (Å²) in [6, 6.07) is 8.31. The fourth-order valence-electron chi connectivity index (χ4n) is 3.06. The minimum atomic E-state index is -0.128. The molecule has 2 aromatic rings. The van der Waals surface area contributed by atoms with Gasteiger partial charge in [-0.1, -0.05) is 37.8 Å². The fraction of sp³-hybridized carbons (Fsp3) is 0.421. The minimum Gasteiger partial charge on any atom is -0.348 e. The highest BCUT2D eigenvalue weighted by atomic mass is 16.1. The maximum atomic E-state index is 12.3. The molecule has 1 aliphatic rings. The summed E-state index contributed by atoms with van der Waals surface area (Å²) in [6.45, 7) is 2.04. The lowest BCUT2D eigenvalue weighted by atomic mass is 10.1. The van der Waals surface area contributed by atoms with Gasteiger partial charge in [-0.15, -0.1) is 0 Å². The molecule has 0 unspecified atom stereocenters. The van der Waals surface area contributed by atoms with Crippen LogP contribution >= 0.6 is 0 Å². The molecule has 3 rings (SSSR count). The van der Waals surface area contributed by atoms with Gasteiger partial charge in [0.25, 0.3) is 5.91 Å². The molecule has 126 valence electrons. The number of amides is 1. The van der Waals surface area contributed by atoms with E-state index in [2.05, 4.69) is 20.6 Å². The molecule has 5 heteroatoms. The van der Waals surface area contributed by atoms with E-state index in [-0.39, 0.29) is 11.9 Å². The first kappa shape index (κ1) is 16.4. The molecule has 2 N–H and O–H groups in total. The van der Waals surface area contributed by atoms with E-state index in [1.807, 2.05) is 31.2 Å². The van der Waals surface area contributed by atoms with E-state index in [0.29, 0.717) is 11.5 Å². The Morgan fingerprint density at radius 3 is 2.54 bits per heavy atom. The molecule has 0 spiro atoms. The number of aryl methyl sites for hydroxylation is 1. The number of rotatable bonds is 4. The Kier molecular flexibility index (Phi) is 5.41. The van der Waals surface area contributed by atoms with Crippen LogP contribution in [-0.4, -0.2) is 21.9 Å². The molecular formula is C19H24N4O. The van der Waals surface area contributed by atoms with E-state index in [9.17, 15) is 4.79 Å². The van der Waals surface area contributed by atoms with E-state index in [4.69, 9.17) is 0 Å². The standard InChI is InChI=1S/C19H24N4O/c1-14-7-6-10-16(11-14)22-18-13-20-17(12-21-18)19(24)23-15-8-4-2-3-5-9-15/h6-7,10-13,15H,2-5,8-9H2,1H3,(H,21,22)(H,23,24).